The third-order valence-electron chi connectivity index (χ3n) is 5.76. The van der Waals surface area contributed by atoms with Crippen LogP contribution in [0.2, 0.25) is 0 Å². The third kappa shape index (κ3) is 5.29. The third-order valence-corrected chi connectivity index (χ3v) is 5.76. The molecular weight excluding hydrogens is 310 g/mol. The number of amides is 1. The van der Waals surface area contributed by atoms with Crippen LogP contribution in [0.3, 0.4) is 0 Å². The molecule has 1 aliphatic carbocycles. The smallest absolute Gasteiger partial charge is 0.226 e. The molecule has 0 bridgehead atoms. The minimum absolute atomic E-state index is 0.245. The van der Waals surface area contributed by atoms with Gasteiger partial charge in [-0.25, -0.2) is 0 Å². The Labute approximate surface area is 152 Å². The van der Waals surface area contributed by atoms with Gasteiger partial charge in [0, 0.05) is 39.8 Å². The summed E-state index contributed by atoms with van der Waals surface area (Å²) >= 11 is 0. The first-order valence-electron chi connectivity index (χ1n) is 9.87. The number of aryl methyl sites for hydroxylation is 2. The second-order valence-corrected chi connectivity index (χ2v) is 7.80. The normalized spacial score (nSPS) is 18.8. The van der Waals surface area contributed by atoms with Gasteiger partial charge in [0.15, 0.2) is 0 Å². The highest BCUT2D eigenvalue weighted by Crippen LogP contribution is 2.22. The number of carbonyl (C=O) groups excluding carboxylic acids is 1. The highest BCUT2D eigenvalue weighted by Gasteiger charge is 2.15. The number of nitrogens with zero attached hydrogens (tertiary/aromatic N) is 3. The summed E-state index contributed by atoms with van der Waals surface area (Å²) in [5.41, 5.74) is 4.13. The zero-order chi connectivity index (χ0) is 17.6. The molecule has 1 aromatic rings. The van der Waals surface area contributed by atoms with Gasteiger partial charge in [0.1, 0.15) is 0 Å². The summed E-state index contributed by atoms with van der Waals surface area (Å²) < 4.78 is 0. The molecule has 25 heavy (non-hydrogen) atoms. The van der Waals surface area contributed by atoms with Crippen molar-refractivity contribution in [3.8, 4) is 0 Å². The quantitative estimate of drug-likeness (QED) is 0.792. The molecule has 1 fully saturated rings. The molecule has 0 saturated carbocycles. The molecule has 0 N–H and O–H groups in total. The van der Waals surface area contributed by atoms with Crippen molar-refractivity contribution in [1.29, 1.82) is 0 Å². The van der Waals surface area contributed by atoms with E-state index >= 15 is 0 Å². The molecule has 138 valence electrons. The number of fused-ring (bicyclic) bond motifs is 1. The van der Waals surface area contributed by atoms with Gasteiger partial charge in [0.05, 0.1) is 6.42 Å². The van der Waals surface area contributed by atoms with Crippen molar-refractivity contribution in [3.63, 3.8) is 0 Å². The van der Waals surface area contributed by atoms with Crippen LogP contribution in [-0.4, -0.2) is 74.0 Å². The van der Waals surface area contributed by atoms with E-state index < -0.39 is 0 Å². The molecule has 0 radical (unpaired) electrons. The maximum absolute atomic E-state index is 12.5. The molecule has 3 rings (SSSR count). The van der Waals surface area contributed by atoms with Crippen LogP contribution in [0.5, 0.6) is 0 Å². The van der Waals surface area contributed by atoms with Crippen molar-refractivity contribution in [2.75, 3.05) is 53.4 Å². The molecule has 2 aliphatic rings. The Bertz CT molecular complexity index is 579. The van der Waals surface area contributed by atoms with E-state index in [2.05, 4.69) is 35.0 Å². The van der Waals surface area contributed by atoms with Crippen LogP contribution in [0.4, 0.5) is 0 Å². The minimum Gasteiger partial charge on any atom is -0.345 e. The highest BCUT2D eigenvalue weighted by molar-refractivity contribution is 5.78. The second kappa shape index (κ2) is 8.81. The Balaban J connectivity index is 1.41. The van der Waals surface area contributed by atoms with Crippen LogP contribution in [-0.2, 0) is 24.1 Å². The van der Waals surface area contributed by atoms with Gasteiger partial charge in [-0.1, -0.05) is 18.2 Å². The van der Waals surface area contributed by atoms with Crippen molar-refractivity contribution in [2.45, 2.75) is 38.5 Å². The molecule has 1 amide bonds. The van der Waals surface area contributed by atoms with E-state index in [1.807, 2.05) is 11.9 Å². The average molecular weight is 344 g/mol. The van der Waals surface area contributed by atoms with Gasteiger partial charge in [-0.2, -0.15) is 0 Å². The summed E-state index contributed by atoms with van der Waals surface area (Å²) in [6.07, 6.45) is 6.58. The van der Waals surface area contributed by atoms with Crippen LogP contribution in [0.1, 0.15) is 36.0 Å². The lowest BCUT2D eigenvalue weighted by molar-refractivity contribution is -0.129. The summed E-state index contributed by atoms with van der Waals surface area (Å²) in [4.78, 5) is 19.3. The topological polar surface area (TPSA) is 26.8 Å². The van der Waals surface area contributed by atoms with E-state index in [1.165, 1.54) is 42.4 Å². The Morgan fingerprint density at radius 1 is 1.08 bits per heavy atom. The number of benzene rings is 1. The van der Waals surface area contributed by atoms with E-state index in [9.17, 15) is 4.79 Å². The van der Waals surface area contributed by atoms with Crippen LogP contribution >= 0.6 is 0 Å². The van der Waals surface area contributed by atoms with Crippen molar-refractivity contribution < 1.29 is 4.79 Å². The van der Waals surface area contributed by atoms with E-state index in [-0.39, 0.29) is 5.91 Å². The average Bonchev–Trinajstić information content (AvgIpc) is 2.63. The lowest BCUT2D eigenvalue weighted by Crippen LogP contribution is -2.45. The Morgan fingerprint density at radius 3 is 2.56 bits per heavy atom. The highest BCUT2D eigenvalue weighted by atomic mass is 16.2. The van der Waals surface area contributed by atoms with Gasteiger partial charge in [0.2, 0.25) is 5.91 Å². The lowest BCUT2D eigenvalue weighted by Gasteiger charge is -2.32. The standard InChI is InChI=1S/C21H33N3O/c1-22-12-14-24(15-13-22)11-5-10-23(2)21(25)17-18-8-9-19-6-3-4-7-20(19)16-18/h8-9,16H,3-7,10-15,17H2,1-2H3. The van der Waals surface area contributed by atoms with Crippen LogP contribution in [0.15, 0.2) is 18.2 Å². The van der Waals surface area contributed by atoms with Crippen LogP contribution < -0.4 is 0 Å². The molecule has 0 aromatic heterocycles. The number of hydrogen-bond donors (Lipinski definition) is 0. The van der Waals surface area contributed by atoms with Gasteiger partial charge in [0.25, 0.3) is 0 Å². The van der Waals surface area contributed by atoms with E-state index in [4.69, 9.17) is 0 Å². The molecule has 0 spiro atoms. The first-order valence-corrected chi connectivity index (χ1v) is 9.87. The summed E-state index contributed by atoms with van der Waals surface area (Å²) in [6, 6.07) is 6.66. The predicted octanol–water partition coefficient (Wildman–Crippen LogP) is 2.20. The summed E-state index contributed by atoms with van der Waals surface area (Å²) in [5.74, 6) is 0.245. The zero-order valence-corrected chi connectivity index (χ0v) is 16.0. The molecule has 1 heterocycles. The minimum atomic E-state index is 0.245. The van der Waals surface area contributed by atoms with Gasteiger partial charge < -0.3 is 14.7 Å². The second-order valence-electron chi connectivity index (χ2n) is 7.80. The van der Waals surface area contributed by atoms with E-state index in [0.717, 1.165) is 45.7 Å². The summed E-state index contributed by atoms with van der Waals surface area (Å²) in [5, 5.41) is 0. The van der Waals surface area contributed by atoms with Crippen molar-refractivity contribution >= 4 is 5.91 Å². The Kier molecular flexibility index (Phi) is 6.49. The summed E-state index contributed by atoms with van der Waals surface area (Å²) in [7, 11) is 4.13. The van der Waals surface area contributed by atoms with Crippen molar-refractivity contribution in [3.05, 3.63) is 34.9 Å². The van der Waals surface area contributed by atoms with Crippen molar-refractivity contribution in [1.82, 2.24) is 14.7 Å². The molecule has 0 unspecified atom stereocenters. The number of likely N-dealkylation sites (N-methyl/N-ethyl adjacent to an activating group) is 2. The molecular formula is C21H33N3O. The fourth-order valence-corrected chi connectivity index (χ4v) is 3.93. The largest absolute Gasteiger partial charge is 0.345 e. The molecule has 1 aromatic carbocycles. The molecule has 1 saturated heterocycles. The fraction of sp³-hybridized carbons (Fsp3) is 0.667. The van der Waals surface area contributed by atoms with E-state index in [1.54, 1.807) is 0 Å². The predicted molar refractivity (Wildman–Crippen MR) is 103 cm³/mol. The first kappa shape index (κ1) is 18.4. The van der Waals surface area contributed by atoms with Gasteiger partial charge in [-0.05, 0) is 62.4 Å². The maximum atomic E-state index is 12.5. The maximum Gasteiger partial charge on any atom is 0.226 e. The number of piperazine rings is 1. The number of carbonyl (C=O) groups is 1. The van der Waals surface area contributed by atoms with E-state index in [0.29, 0.717) is 6.42 Å². The first-order chi connectivity index (χ1) is 12.1. The Hall–Kier alpha value is -1.39. The molecule has 0 atom stereocenters. The lowest BCUT2D eigenvalue weighted by atomic mass is 9.90. The van der Waals surface area contributed by atoms with Gasteiger partial charge in [-0.3, -0.25) is 4.79 Å². The fourth-order valence-electron chi connectivity index (χ4n) is 3.93. The Morgan fingerprint density at radius 2 is 1.80 bits per heavy atom. The van der Waals surface area contributed by atoms with Crippen molar-refractivity contribution in [2.24, 2.45) is 0 Å². The summed E-state index contributed by atoms with van der Waals surface area (Å²) in [6.45, 7) is 6.59. The van der Waals surface area contributed by atoms with Crippen LogP contribution in [0.25, 0.3) is 0 Å². The zero-order valence-electron chi connectivity index (χ0n) is 16.0. The molecule has 4 nitrogen and oxygen atoms in total. The molecule has 4 heteroatoms. The SMILES string of the molecule is CN1CCN(CCCN(C)C(=O)Cc2ccc3c(c2)CCCC3)CC1. The van der Waals surface area contributed by atoms with Crippen LogP contribution in [0, 0.1) is 0 Å². The number of rotatable bonds is 6. The van der Waals surface area contributed by atoms with Gasteiger partial charge in [-0.15, -0.1) is 0 Å². The monoisotopic (exact) mass is 343 g/mol. The number of hydrogen-bond acceptors (Lipinski definition) is 3. The molecule has 1 aliphatic heterocycles. The van der Waals surface area contributed by atoms with Gasteiger partial charge >= 0.3 is 0 Å².